The van der Waals surface area contributed by atoms with Crippen LogP contribution >= 0.6 is 11.8 Å². The van der Waals surface area contributed by atoms with E-state index in [-0.39, 0.29) is 25.4 Å². The van der Waals surface area contributed by atoms with Gasteiger partial charge in [0.2, 0.25) is 5.92 Å². The summed E-state index contributed by atoms with van der Waals surface area (Å²) in [6, 6.07) is 0. The fraction of sp³-hybridized carbons (Fsp3) is 0.727. The lowest BCUT2D eigenvalue weighted by Crippen LogP contribution is -2.10. The predicted molar refractivity (Wildman–Crippen MR) is 62.1 cm³/mol. The number of hydrogen-bond acceptors (Lipinski definition) is 3. The Labute approximate surface area is 103 Å². The number of aliphatic hydroxyl groups is 1. The van der Waals surface area contributed by atoms with Crippen LogP contribution in [0.2, 0.25) is 0 Å². The van der Waals surface area contributed by atoms with E-state index in [4.69, 9.17) is 5.11 Å². The molecule has 0 saturated heterocycles. The average Bonchev–Trinajstić information content (AvgIpc) is 2.79. The number of halogens is 2. The summed E-state index contributed by atoms with van der Waals surface area (Å²) >= 11 is 1.49. The highest BCUT2D eigenvalue weighted by molar-refractivity contribution is 7.99. The highest BCUT2D eigenvalue weighted by atomic mass is 32.2. The molecule has 2 rings (SSSR count). The minimum Gasteiger partial charge on any atom is -0.390 e. The molecule has 1 unspecified atom stereocenters. The standard InChI is InChI=1S/C11H16F2N2OS/c1-15-9(6-16)5-14-10(15)17-7-8-2-3-11(12,13)4-8/h5,8,16H,2-4,6-7H2,1H3. The Balaban J connectivity index is 1.88. The molecule has 0 aliphatic heterocycles. The number of nitrogens with zero attached hydrogens (tertiary/aromatic N) is 2. The summed E-state index contributed by atoms with van der Waals surface area (Å²) in [6.45, 7) is -0.0500. The molecule has 1 saturated carbocycles. The van der Waals surface area contributed by atoms with Crippen molar-refractivity contribution in [2.75, 3.05) is 5.75 Å². The zero-order valence-corrected chi connectivity index (χ0v) is 10.5. The summed E-state index contributed by atoms with van der Waals surface area (Å²) in [4.78, 5) is 4.16. The molecular weight excluding hydrogens is 246 g/mol. The molecular formula is C11H16F2N2OS. The largest absolute Gasteiger partial charge is 0.390 e. The van der Waals surface area contributed by atoms with Crippen molar-refractivity contribution >= 4 is 11.8 Å². The summed E-state index contributed by atoms with van der Waals surface area (Å²) in [7, 11) is 1.82. The van der Waals surface area contributed by atoms with Crippen LogP contribution in [0.1, 0.15) is 25.0 Å². The van der Waals surface area contributed by atoms with Crippen LogP contribution in [0.15, 0.2) is 11.4 Å². The third-order valence-electron chi connectivity index (χ3n) is 3.16. The number of imidazole rings is 1. The van der Waals surface area contributed by atoms with E-state index >= 15 is 0 Å². The second-order valence-electron chi connectivity index (χ2n) is 4.53. The highest BCUT2D eigenvalue weighted by Crippen LogP contribution is 2.40. The Morgan fingerprint density at radius 3 is 2.94 bits per heavy atom. The minimum absolute atomic E-state index is 0.00270. The van der Waals surface area contributed by atoms with Gasteiger partial charge in [0.1, 0.15) is 0 Å². The molecule has 1 heterocycles. The van der Waals surface area contributed by atoms with Crippen LogP contribution in [0.5, 0.6) is 0 Å². The summed E-state index contributed by atoms with van der Waals surface area (Å²) in [5.41, 5.74) is 0.740. The maximum absolute atomic E-state index is 13.0. The fourth-order valence-electron chi connectivity index (χ4n) is 2.08. The molecule has 6 heteroatoms. The molecule has 0 bridgehead atoms. The van der Waals surface area contributed by atoms with Gasteiger partial charge in [-0.1, -0.05) is 11.8 Å². The maximum atomic E-state index is 13.0. The molecule has 1 aromatic rings. The van der Waals surface area contributed by atoms with Crippen LogP contribution in [0, 0.1) is 5.92 Å². The first-order valence-electron chi connectivity index (χ1n) is 5.64. The predicted octanol–water partition coefficient (Wildman–Crippen LogP) is 2.44. The molecule has 1 fully saturated rings. The topological polar surface area (TPSA) is 38.0 Å². The molecule has 1 aliphatic rings. The third-order valence-corrected chi connectivity index (χ3v) is 4.43. The minimum atomic E-state index is -2.47. The van der Waals surface area contributed by atoms with Gasteiger partial charge < -0.3 is 9.67 Å². The van der Waals surface area contributed by atoms with E-state index in [1.54, 1.807) is 10.8 Å². The van der Waals surface area contributed by atoms with E-state index in [0.29, 0.717) is 12.2 Å². The first-order valence-corrected chi connectivity index (χ1v) is 6.62. The van der Waals surface area contributed by atoms with Gasteiger partial charge in [-0.15, -0.1) is 0 Å². The number of aromatic nitrogens is 2. The fourth-order valence-corrected chi connectivity index (χ4v) is 3.19. The normalized spacial score (nSPS) is 23.2. The Morgan fingerprint density at radius 1 is 1.65 bits per heavy atom. The number of thioether (sulfide) groups is 1. The van der Waals surface area contributed by atoms with Crippen molar-refractivity contribution in [3.05, 3.63) is 11.9 Å². The van der Waals surface area contributed by atoms with Crippen molar-refractivity contribution in [2.45, 2.75) is 36.9 Å². The van der Waals surface area contributed by atoms with E-state index in [1.165, 1.54) is 11.8 Å². The van der Waals surface area contributed by atoms with Gasteiger partial charge in [0.05, 0.1) is 18.5 Å². The smallest absolute Gasteiger partial charge is 0.248 e. The average molecular weight is 262 g/mol. The van der Waals surface area contributed by atoms with Crippen molar-refractivity contribution < 1.29 is 13.9 Å². The zero-order valence-electron chi connectivity index (χ0n) is 9.70. The molecule has 1 atom stereocenters. The van der Waals surface area contributed by atoms with Crippen molar-refractivity contribution in [3.8, 4) is 0 Å². The molecule has 1 N–H and O–H groups in total. The second-order valence-corrected chi connectivity index (χ2v) is 5.51. The Bertz CT molecular complexity index is 395. The molecule has 1 aliphatic carbocycles. The Hall–Kier alpha value is -0.620. The second kappa shape index (κ2) is 4.94. The van der Waals surface area contributed by atoms with Crippen LogP contribution in [0.4, 0.5) is 8.78 Å². The van der Waals surface area contributed by atoms with Crippen LogP contribution in [-0.4, -0.2) is 26.3 Å². The molecule has 0 amide bonds. The lowest BCUT2D eigenvalue weighted by Gasteiger charge is -2.10. The number of hydrogen-bond donors (Lipinski definition) is 1. The molecule has 0 aromatic carbocycles. The monoisotopic (exact) mass is 262 g/mol. The van der Waals surface area contributed by atoms with Crippen LogP contribution < -0.4 is 0 Å². The van der Waals surface area contributed by atoms with E-state index < -0.39 is 5.92 Å². The number of aliphatic hydroxyl groups excluding tert-OH is 1. The van der Waals surface area contributed by atoms with E-state index in [0.717, 1.165) is 10.9 Å². The molecule has 0 radical (unpaired) electrons. The van der Waals surface area contributed by atoms with Crippen molar-refractivity contribution in [1.29, 1.82) is 0 Å². The van der Waals surface area contributed by atoms with Gasteiger partial charge in [-0.05, 0) is 12.3 Å². The van der Waals surface area contributed by atoms with Gasteiger partial charge in [-0.25, -0.2) is 13.8 Å². The molecule has 0 spiro atoms. The Morgan fingerprint density at radius 2 is 2.41 bits per heavy atom. The molecule has 96 valence electrons. The van der Waals surface area contributed by atoms with Crippen molar-refractivity contribution in [2.24, 2.45) is 13.0 Å². The van der Waals surface area contributed by atoms with Crippen molar-refractivity contribution in [1.82, 2.24) is 9.55 Å². The first-order chi connectivity index (χ1) is 8.02. The van der Waals surface area contributed by atoms with Gasteiger partial charge in [-0.2, -0.15) is 0 Å². The lowest BCUT2D eigenvalue weighted by molar-refractivity contribution is 0.00596. The summed E-state index contributed by atoms with van der Waals surface area (Å²) in [6.07, 6.45) is 2.22. The molecule has 3 nitrogen and oxygen atoms in total. The van der Waals surface area contributed by atoms with Crippen LogP contribution in [0.3, 0.4) is 0 Å². The number of rotatable bonds is 4. The molecule has 17 heavy (non-hydrogen) atoms. The Kier molecular flexibility index (Phi) is 3.73. The van der Waals surface area contributed by atoms with Crippen LogP contribution in [0.25, 0.3) is 0 Å². The quantitative estimate of drug-likeness (QED) is 0.847. The van der Waals surface area contributed by atoms with Gasteiger partial charge in [0, 0.05) is 25.6 Å². The van der Waals surface area contributed by atoms with Crippen molar-refractivity contribution in [3.63, 3.8) is 0 Å². The highest BCUT2D eigenvalue weighted by Gasteiger charge is 2.39. The molecule has 1 aromatic heterocycles. The van der Waals surface area contributed by atoms with E-state index in [2.05, 4.69) is 4.98 Å². The lowest BCUT2D eigenvalue weighted by atomic mass is 10.1. The van der Waals surface area contributed by atoms with Gasteiger partial charge >= 0.3 is 0 Å². The summed E-state index contributed by atoms with van der Waals surface area (Å²) in [5.74, 6) is -1.72. The van der Waals surface area contributed by atoms with Gasteiger partial charge in [0.25, 0.3) is 0 Å². The SMILES string of the molecule is Cn1c(CO)cnc1SCC1CCC(F)(F)C1. The zero-order chi connectivity index (χ0) is 12.5. The summed E-state index contributed by atoms with van der Waals surface area (Å²) < 4.78 is 27.8. The van der Waals surface area contributed by atoms with Gasteiger partial charge in [-0.3, -0.25) is 0 Å². The summed E-state index contributed by atoms with van der Waals surface area (Å²) in [5, 5.41) is 9.79. The maximum Gasteiger partial charge on any atom is 0.248 e. The number of alkyl halides is 2. The first kappa shape index (κ1) is 12.8. The van der Waals surface area contributed by atoms with E-state index in [1.807, 2.05) is 7.05 Å². The van der Waals surface area contributed by atoms with Crippen LogP contribution in [-0.2, 0) is 13.7 Å². The van der Waals surface area contributed by atoms with Gasteiger partial charge in [0.15, 0.2) is 5.16 Å². The third kappa shape index (κ3) is 2.98. The van der Waals surface area contributed by atoms with E-state index in [9.17, 15) is 8.78 Å².